The molecule has 0 bridgehead atoms. The van der Waals surface area contributed by atoms with Gasteiger partial charge in [0.15, 0.2) is 0 Å². The zero-order chi connectivity index (χ0) is 16.0. The van der Waals surface area contributed by atoms with Crippen LogP contribution in [0.15, 0.2) is 30.3 Å². The van der Waals surface area contributed by atoms with Crippen molar-refractivity contribution in [2.24, 2.45) is 0 Å². The lowest BCUT2D eigenvalue weighted by molar-refractivity contribution is -0.116. The minimum atomic E-state index is -0.228. The number of hydrogen-bond donors (Lipinski definition) is 2. The van der Waals surface area contributed by atoms with Gasteiger partial charge < -0.3 is 10.6 Å². The van der Waals surface area contributed by atoms with Crippen molar-refractivity contribution in [1.29, 1.82) is 0 Å². The van der Waals surface area contributed by atoms with Gasteiger partial charge in [-0.1, -0.05) is 41.7 Å². The van der Waals surface area contributed by atoms with Crippen molar-refractivity contribution in [3.05, 3.63) is 40.9 Å². The molecular weight excluding hydrogens is 296 g/mol. The van der Waals surface area contributed by atoms with E-state index in [2.05, 4.69) is 46.8 Å². The number of hydrogen-bond acceptors (Lipinski definition) is 5. The van der Waals surface area contributed by atoms with Crippen LogP contribution in [-0.2, 0) is 10.2 Å². The Kier molecular flexibility index (Phi) is 5.63. The highest BCUT2D eigenvalue weighted by atomic mass is 32.1. The molecule has 0 aliphatic heterocycles. The van der Waals surface area contributed by atoms with Gasteiger partial charge in [0.25, 0.3) is 0 Å². The molecule has 0 radical (unpaired) electrons. The van der Waals surface area contributed by atoms with Gasteiger partial charge in [0.05, 0.1) is 0 Å². The van der Waals surface area contributed by atoms with Crippen molar-refractivity contribution in [1.82, 2.24) is 15.5 Å². The van der Waals surface area contributed by atoms with Crippen LogP contribution in [0.5, 0.6) is 0 Å². The van der Waals surface area contributed by atoms with Crippen LogP contribution in [0.3, 0.4) is 0 Å². The first-order valence-corrected chi connectivity index (χ1v) is 8.19. The van der Waals surface area contributed by atoms with E-state index in [0.717, 1.165) is 18.0 Å². The minimum Gasteiger partial charge on any atom is -0.320 e. The van der Waals surface area contributed by atoms with Crippen molar-refractivity contribution in [2.45, 2.75) is 32.1 Å². The molecule has 1 aromatic heterocycles. The molecule has 1 amide bonds. The molecule has 0 saturated carbocycles. The van der Waals surface area contributed by atoms with Crippen molar-refractivity contribution >= 4 is 22.4 Å². The Bertz CT molecular complexity index is 610. The third kappa shape index (κ3) is 4.11. The fourth-order valence-electron chi connectivity index (χ4n) is 2.11. The lowest BCUT2D eigenvalue weighted by Crippen LogP contribution is -2.18. The fraction of sp³-hybridized carbons (Fsp3) is 0.438. The second-order valence-corrected chi connectivity index (χ2v) is 6.64. The lowest BCUT2D eigenvalue weighted by Gasteiger charge is -2.21. The van der Waals surface area contributed by atoms with Crippen LogP contribution in [0.25, 0.3) is 0 Å². The van der Waals surface area contributed by atoms with Gasteiger partial charge in [0, 0.05) is 11.8 Å². The summed E-state index contributed by atoms with van der Waals surface area (Å²) in [6, 6.07) is 10.2. The number of carbonyl (C=O) groups is 1. The van der Waals surface area contributed by atoms with Crippen molar-refractivity contribution in [3.63, 3.8) is 0 Å². The van der Waals surface area contributed by atoms with Crippen LogP contribution in [0.2, 0.25) is 0 Å². The highest BCUT2D eigenvalue weighted by Gasteiger charge is 2.27. The Balaban J connectivity index is 2.03. The zero-order valence-corrected chi connectivity index (χ0v) is 14.0. The van der Waals surface area contributed by atoms with Crippen molar-refractivity contribution in [3.8, 4) is 0 Å². The highest BCUT2D eigenvalue weighted by molar-refractivity contribution is 7.15. The smallest absolute Gasteiger partial charge is 0.226 e. The molecule has 0 saturated heterocycles. The molecular formula is C16H22N4OS. The van der Waals surface area contributed by atoms with Gasteiger partial charge in [-0.2, -0.15) is 0 Å². The van der Waals surface area contributed by atoms with E-state index in [-0.39, 0.29) is 11.3 Å². The third-order valence-electron chi connectivity index (χ3n) is 3.53. The Labute approximate surface area is 135 Å². The molecule has 0 fully saturated rings. The van der Waals surface area contributed by atoms with Gasteiger partial charge in [0.2, 0.25) is 11.0 Å². The standard InChI is InChI=1S/C16H22N4OS/c1-16(2,12-8-5-4-6-9-12)14-19-20-15(22-14)18-13(21)10-7-11-17-3/h4-6,8-9,17H,7,10-11H2,1-3H3,(H,18,20,21). The molecule has 2 aromatic rings. The normalized spacial score (nSPS) is 11.4. The summed E-state index contributed by atoms with van der Waals surface area (Å²) < 4.78 is 0. The van der Waals surface area contributed by atoms with E-state index in [1.165, 1.54) is 16.9 Å². The van der Waals surface area contributed by atoms with E-state index in [0.29, 0.717) is 11.6 Å². The number of nitrogens with zero attached hydrogens (tertiary/aromatic N) is 2. The maximum atomic E-state index is 11.8. The van der Waals surface area contributed by atoms with Gasteiger partial charge in [-0.3, -0.25) is 4.79 Å². The number of aromatic nitrogens is 2. The molecule has 2 N–H and O–H groups in total. The van der Waals surface area contributed by atoms with Crippen LogP contribution in [0.1, 0.15) is 37.3 Å². The van der Waals surface area contributed by atoms with Gasteiger partial charge in [-0.15, -0.1) is 10.2 Å². The summed E-state index contributed by atoms with van der Waals surface area (Å²) in [6.07, 6.45) is 1.29. The molecule has 0 aliphatic rings. The fourth-order valence-corrected chi connectivity index (χ4v) is 3.00. The Hall–Kier alpha value is -1.79. The number of nitrogens with one attached hydrogen (secondary N) is 2. The Morgan fingerprint density at radius 2 is 1.95 bits per heavy atom. The summed E-state index contributed by atoms with van der Waals surface area (Å²) in [5.41, 5.74) is 0.951. The average Bonchev–Trinajstić information content (AvgIpc) is 2.97. The molecule has 2 rings (SSSR count). The minimum absolute atomic E-state index is 0.0181. The second-order valence-electron chi connectivity index (χ2n) is 5.66. The largest absolute Gasteiger partial charge is 0.320 e. The molecule has 0 unspecified atom stereocenters. The van der Waals surface area contributed by atoms with E-state index < -0.39 is 0 Å². The second kappa shape index (κ2) is 7.47. The van der Waals surface area contributed by atoms with Crippen LogP contribution in [0, 0.1) is 0 Å². The quantitative estimate of drug-likeness (QED) is 0.770. The molecule has 0 aliphatic carbocycles. The van der Waals surface area contributed by atoms with Gasteiger partial charge >= 0.3 is 0 Å². The molecule has 22 heavy (non-hydrogen) atoms. The highest BCUT2D eigenvalue weighted by Crippen LogP contribution is 2.34. The molecule has 6 heteroatoms. The van der Waals surface area contributed by atoms with Crippen molar-refractivity contribution in [2.75, 3.05) is 18.9 Å². The van der Waals surface area contributed by atoms with Crippen molar-refractivity contribution < 1.29 is 4.79 Å². The number of benzene rings is 1. The predicted molar refractivity (Wildman–Crippen MR) is 90.3 cm³/mol. The van der Waals surface area contributed by atoms with Crippen LogP contribution in [0.4, 0.5) is 5.13 Å². The monoisotopic (exact) mass is 318 g/mol. The van der Waals surface area contributed by atoms with Gasteiger partial charge in [0.1, 0.15) is 5.01 Å². The van der Waals surface area contributed by atoms with Crippen LogP contribution in [-0.4, -0.2) is 29.7 Å². The van der Waals surface area contributed by atoms with Crippen LogP contribution < -0.4 is 10.6 Å². The summed E-state index contributed by atoms with van der Waals surface area (Å²) in [6.45, 7) is 5.05. The molecule has 1 aromatic carbocycles. The summed E-state index contributed by atoms with van der Waals surface area (Å²) in [4.78, 5) is 11.8. The van der Waals surface area contributed by atoms with E-state index in [1.54, 1.807) is 0 Å². The molecule has 0 spiro atoms. The molecule has 1 heterocycles. The SMILES string of the molecule is CNCCCC(=O)Nc1nnc(C(C)(C)c2ccccc2)s1. The number of carbonyl (C=O) groups excluding carboxylic acids is 1. The molecule has 5 nitrogen and oxygen atoms in total. The average molecular weight is 318 g/mol. The lowest BCUT2D eigenvalue weighted by atomic mass is 9.85. The van der Waals surface area contributed by atoms with Gasteiger partial charge in [-0.05, 0) is 39.4 Å². The van der Waals surface area contributed by atoms with E-state index in [1.807, 2.05) is 25.2 Å². The first kappa shape index (κ1) is 16.6. The third-order valence-corrected chi connectivity index (χ3v) is 4.69. The maximum Gasteiger partial charge on any atom is 0.226 e. The Morgan fingerprint density at radius 3 is 2.64 bits per heavy atom. The number of rotatable bonds is 7. The zero-order valence-electron chi connectivity index (χ0n) is 13.2. The molecule has 0 atom stereocenters. The van der Waals surface area contributed by atoms with E-state index in [4.69, 9.17) is 0 Å². The summed E-state index contributed by atoms with van der Waals surface area (Å²) in [7, 11) is 1.88. The van der Waals surface area contributed by atoms with E-state index in [9.17, 15) is 4.79 Å². The maximum absolute atomic E-state index is 11.8. The predicted octanol–water partition coefficient (Wildman–Crippen LogP) is 2.80. The molecule has 118 valence electrons. The van der Waals surface area contributed by atoms with E-state index >= 15 is 0 Å². The summed E-state index contributed by atoms with van der Waals surface area (Å²) in [5.74, 6) is -0.0181. The Morgan fingerprint density at radius 1 is 1.23 bits per heavy atom. The summed E-state index contributed by atoms with van der Waals surface area (Å²) in [5, 5.41) is 15.7. The number of amides is 1. The van der Waals surface area contributed by atoms with Crippen LogP contribution >= 0.6 is 11.3 Å². The summed E-state index contributed by atoms with van der Waals surface area (Å²) >= 11 is 1.43. The topological polar surface area (TPSA) is 66.9 Å². The van der Waals surface area contributed by atoms with Gasteiger partial charge in [-0.25, -0.2) is 0 Å². The number of anilines is 1. The first-order valence-electron chi connectivity index (χ1n) is 7.38. The first-order chi connectivity index (χ1) is 10.5.